The molecule has 0 aromatic heterocycles. The first kappa shape index (κ1) is 16.3. The summed E-state index contributed by atoms with van der Waals surface area (Å²) in [6, 6.07) is 5.14. The Morgan fingerprint density at radius 1 is 1.45 bits per heavy atom. The molecule has 1 atom stereocenters. The Labute approximate surface area is 115 Å². The SMILES string of the molecule is COCC(CCO)NC(=O)c1cccc(OC(F)F)c1. The highest BCUT2D eigenvalue weighted by Crippen LogP contribution is 2.16. The number of aliphatic hydroxyl groups excluding tert-OH is 1. The van der Waals surface area contributed by atoms with E-state index in [4.69, 9.17) is 9.84 Å². The van der Waals surface area contributed by atoms with Crippen molar-refractivity contribution in [2.75, 3.05) is 20.3 Å². The van der Waals surface area contributed by atoms with Gasteiger partial charge in [0, 0.05) is 19.3 Å². The maximum atomic E-state index is 12.1. The first-order valence-electron chi connectivity index (χ1n) is 6.02. The van der Waals surface area contributed by atoms with Crippen molar-refractivity contribution < 1.29 is 28.2 Å². The minimum Gasteiger partial charge on any atom is -0.435 e. The molecule has 0 saturated carbocycles. The molecule has 1 aromatic rings. The molecule has 20 heavy (non-hydrogen) atoms. The molecule has 1 aromatic carbocycles. The van der Waals surface area contributed by atoms with E-state index in [0.717, 1.165) is 0 Å². The molecule has 0 aliphatic heterocycles. The number of halogens is 2. The molecule has 0 fully saturated rings. The van der Waals surface area contributed by atoms with Gasteiger partial charge >= 0.3 is 6.61 Å². The summed E-state index contributed by atoms with van der Waals surface area (Å²) in [7, 11) is 1.48. The molecule has 2 N–H and O–H groups in total. The first-order valence-corrected chi connectivity index (χ1v) is 6.02. The lowest BCUT2D eigenvalue weighted by molar-refractivity contribution is -0.0498. The van der Waals surface area contributed by atoms with Crippen LogP contribution >= 0.6 is 0 Å². The van der Waals surface area contributed by atoms with Crippen LogP contribution in [-0.4, -0.2) is 44.0 Å². The molecule has 0 bridgehead atoms. The zero-order valence-corrected chi connectivity index (χ0v) is 11.0. The standard InChI is InChI=1S/C13H17F2NO4/c1-19-8-10(5-6-17)16-12(18)9-3-2-4-11(7-9)20-13(14)15/h2-4,7,10,13,17H,5-6,8H2,1H3,(H,16,18). The van der Waals surface area contributed by atoms with Gasteiger partial charge < -0.3 is 19.9 Å². The summed E-state index contributed by atoms with van der Waals surface area (Å²) in [4.78, 5) is 12.0. The summed E-state index contributed by atoms with van der Waals surface area (Å²) in [5, 5.41) is 11.5. The van der Waals surface area contributed by atoms with E-state index in [1.807, 2.05) is 0 Å². The molecule has 0 spiro atoms. The van der Waals surface area contributed by atoms with Gasteiger partial charge in [-0.25, -0.2) is 0 Å². The van der Waals surface area contributed by atoms with Crippen molar-refractivity contribution in [1.29, 1.82) is 0 Å². The summed E-state index contributed by atoms with van der Waals surface area (Å²) >= 11 is 0. The van der Waals surface area contributed by atoms with Gasteiger partial charge in [-0.1, -0.05) is 6.07 Å². The third kappa shape index (κ3) is 5.50. The van der Waals surface area contributed by atoms with Gasteiger partial charge in [-0.2, -0.15) is 8.78 Å². The molecule has 1 amide bonds. The summed E-state index contributed by atoms with van der Waals surface area (Å²) in [5.41, 5.74) is 0.196. The zero-order valence-electron chi connectivity index (χ0n) is 11.0. The Kier molecular flexibility index (Phi) is 6.89. The minimum atomic E-state index is -2.94. The molecule has 7 heteroatoms. The van der Waals surface area contributed by atoms with E-state index >= 15 is 0 Å². The topological polar surface area (TPSA) is 67.8 Å². The van der Waals surface area contributed by atoms with Gasteiger partial charge in [0.05, 0.1) is 12.6 Å². The smallest absolute Gasteiger partial charge is 0.387 e. The van der Waals surface area contributed by atoms with Crippen LogP contribution < -0.4 is 10.1 Å². The zero-order chi connectivity index (χ0) is 15.0. The van der Waals surface area contributed by atoms with E-state index in [1.165, 1.54) is 31.4 Å². The fourth-order valence-corrected chi connectivity index (χ4v) is 1.64. The number of rotatable bonds is 8. The lowest BCUT2D eigenvalue weighted by Gasteiger charge is -2.17. The van der Waals surface area contributed by atoms with Gasteiger partial charge in [0.1, 0.15) is 5.75 Å². The summed E-state index contributed by atoms with van der Waals surface area (Å²) < 4.78 is 33.3. The summed E-state index contributed by atoms with van der Waals surface area (Å²) in [6.45, 7) is -2.79. The lowest BCUT2D eigenvalue weighted by Crippen LogP contribution is -2.38. The monoisotopic (exact) mass is 289 g/mol. The number of alkyl halides is 2. The van der Waals surface area contributed by atoms with Crippen molar-refractivity contribution in [3.8, 4) is 5.75 Å². The molecular weight excluding hydrogens is 272 g/mol. The van der Waals surface area contributed by atoms with Crippen molar-refractivity contribution in [1.82, 2.24) is 5.32 Å². The highest BCUT2D eigenvalue weighted by molar-refractivity contribution is 5.94. The van der Waals surface area contributed by atoms with Crippen molar-refractivity contribution in [2.24, 2.45) is 0 Å². The van der Waals surface area contributed by atoms with Crippen molar-refractivity contribution in [2.45, 2.75) is 19.1 Å². The Morgan fingerprint density at radius 2 is 2.20 bits per heavy atom. The van der Waals surface area contributed by atoms with E-state index < -0.39 is 12.5 Å². The van der Waals surface area contributed by atoms with E-state index in [-0.39, 0.29) is 30.6 Å². The van der Waals surface area contributed by atoms with Gasteiger partial charge in [0.2, 0.25) is 0 Å². The molecule has 1 unspecified atom stereocenters. The van der Waals surface area contributed by atoms with Crippen LogP contribution in [-0.2, 0) is 4.74 Å². The van der Waals surface area contributed by atoms with Crippen LogP contribution in [0.2, 0.25) is 0 Å². The second kappa shape index (κ2) is 8.44. The number of amides is 1. The fraction of sp³-hybridized carbons (Fsp3) is 0.462. The second-order valence-electron chi connectivity index (χ2n) is 4.04. The molecular formula is C13H17F2NO4. The van der Waals surface area contributed by atoms with E-state index in [0.29, 0.717) is 6.42 Å². The normalized spacial score (nSPS) is 12.2. The first-order chi connectivity index (χ1) is 9.56. The number of benzene rings is 1. The molecule has 112 valence electrons. The van der Waals surface area contributed by atoms with Gasteiger partial charge in [-0.15, -0.1) is 0 Å². The maximum absolute atomic E-state index is 12.1. The third-order valence-electron chi connectivity index (χ3n) is 2.50. The van der Waals surface area contributed by atoms with Gasteiger partial charge in [0.15, 0.2) is 0 Å². The number of ether oxygens (including phenoxy) is 2. The highest BCUT2D eigenvalue weighted by Gasteiger charge is 2.14. The number of aliphatic hydroxyl groups is 1. The van der Waals surface area contributed by atoms with E-state index in [9.17, 15) is 13.6 Å². The van der Waals surface area contributed by atoms with Crippen LogP contribution in [0.15, 0.2) is 24.3 Å². The predicted molar refractivity (Wildman–Crippen MR) is 67.9 cm³/mol. The van der Waals surface area contributed by atoms with Crippen LogP contribution in [0.3, 0.4) is 0 Å². The largest absolute Gasteiger partial charge is 0.435 e. The summed E-state index contributed by atoms with van der Waals surface area (Å²) in [6.07, 6.45) is 0.340. The quantitative estimate of drug-likeness (QED) is 0.759. The van der Waals surface area contributed by atoms with E-state index in [2.05, 4.69) is 10.1 Å². The average Bonchev–Trinajstić information content (AvgIpc) is 2.38. The lowest BCUT2D eigenvalue weighted by atomic mass is 10.1. The van der Waals surface area contributed by atoms with Crippen molar-refractivity contribution in [3.63, 3.8) is 0 Å². The van der Waals surface area contributed by atoms with Crippen LogP contribution in [0, 0.1) is 0 Å². The predicted octanol–water partition coefficient (Wildman–Crippen LogP) is 1.42. The van der Waals surface area contributed by atoms with E-state index in [1.54, 1.807) is 0 Å². The number of hydrogen-bond acceptors (Lipinski definition) is 4. The van der Waals surface area contributed by atoms with Crippen molar-refractivity contribution >= 4 is 5.91 Å². The Hall–Kier alpha value is -1.73. The van der Waals surface area contributed by atoms with Gasteiger partial charge in [0.25, 0.3) is 5.91 Å². The van der Waals surface area contributed by atoms with Crippen molar-refractivity contribution in [3.05, 3.63) is 29.8 Å². The molecule has 0 aliphatic rings. The Morgan fingerprint density at radius 3 is 2.80 bits per heavy atom. The number of carbonyl (C=O) groups excluding carboxylic acids is 1. The molecule has 0 saturated heterocycles. The Bertz CT molecular complexity index is 423. The van der Waals surface area contributed by atoms with Crippen LogP contribution in [0.25, 0.3) is 0 Å². The minimum absolute atomic E-state index is 0.0851. The second-order valence-corrected chi connectivity index (χ2v) is 4.04. The van der Waals surface area contributed by atoms with Crippen LogP contribution in [0.1, 0.15) is 16.8 Å². The number of nitrogens with one attached hydrogen (secondary N) is 1. The summed E-state index contributed by atoms with van der Waals surface area (Å²) in [5.74, 6) is -0.529. The molecule has 0 radical (unpaired) electrons. The maximum Gasteiger partial charge on any atom is 0.387 e. The van der Waals surface area contributed by atoms with Gasteiger partial charge in [-0.05, 0) is 24.6 Å². The number of hydrogen-bond donors (Lipinski definition) is 2. The molecule has 0 aliphatic carbocycles. The molecule has 0 heterocycles. The van der Waals surface area contributed by atoms with Gasteiger partial charge in [-0.3, -0.25) is 4.79 Å². The van der Waals surface area contributed by atoms with Crippen LogP contribution in [0.5, 0.6) is 5.75 Å². The molecule has 1 rings (SSSR count). The highest BCUT2D eigenvalue weighted by atomic mass is 19.3. The Balaban J connectivity index is 2.70. The fourth-order valence-electron chi connectivity index (χ4n) is 1.64. The third-order valence-corrected chi connectivity index (χ3v) is 2.50. The number of methoxy groups -OCH3 is 1. The molecule has 5 nitrogen and oxygen atoms in total. The number of carbonyl (C=O) groups is 1. The average molecular weight is 289 g/mol. The van der Waals surface area contributed by atoms with Crippen LogP contribution in [0.4, 0.5) is 8.78 Å².